The summed E-state index contributed by atoms with van der Waals surface area (Å²) in [4.78, 5) is 0. The summed E-state index contributed by atoms with van der Waals surface area (Å²) in [6, 6.07) is 0. The van der Waals surface area contributed by atoms with E-state index >= 15 is 0 Å². The molecule has 1 rings (SSSR count). The van der Waals surface area contributed by atoms with Crippen LogP contribution in [0, 0.1) is 0 Å². The molecule has 0 radical (unpaired) electrons. The molecule has 0 aromatic carbocycles. The van der Waals surface area contributed by atoms with E-state index in [-0.39, 0.29) is 0 Å². The van der Waals surface area contributed by atoms with Crippen LogP contribution in [0.5, 0.6) is 0 Å². The first-order valence-corrected chi connectivity index (χ1v) is 16.2. The lowest BCUT2D eigenvalue weighted by Gasteiger charge is -2.04. The minimum atomic E-state index is 1.37. The summed E-state index contributed by atoms with van der Waals surface area (Å²) >= 11 is 0. The monoisotopic (exact) mass is 488 g/mol. The summed E-state index contributed by atoms with van der Waals surface area (Å²) in [5.74, 6) is 0. The molecular formula is C34H65N. The Morgan fingerprint density at radius 3 is 0.686 bits per heavy atom. The average molecular weight is 488 g/mol. The molecule has 0 saturated carbocycles. The van der Waals surface area contributed by atoms with Gasteiger partial charge in [0.05, 0.1) is 0 Å². The van der Waals surface area contributed by atoms with E-state index in [4.69, 9.17) is 0 Å². The first-order valence-electron chi connectivity index (χ1n) is 16.2. The van der Waals surface area contributed by atoms with E-state index < -0.39 is 0 Å². The molecular weight excluding hydrogens is 422 g/mol. The van der Waals surface area contributed by atoms with E-state index in [2.05, 4.69) is 19.2 Å². The highest BCUT2D eigenvalue weighted by Crippen LogP contribution is 2.15. The molecule has 1 nitrogen and oxygen atoms in total. The van der Waals surface area contributed by atoms with Gasteiger partial charge in [0.15, 0.2) is 0 Å². The molecule has 0 unspecified atom stereocenters. The molecule has 0 aromatic rings. The van der Waals surface area contributed by atoms with Crippen LogP contribution in [-0.2, 0) is 0 Å². The van der Waals surface area contributed by atoms with Gasteiger partial charge in [-0.05, 0) is 12.2 Å². The minimum absolute atomic E-state index is 1.37. The second-order valence-electron chi connectivity index (χ2n) is 10.8. The van der Waals surface area contributed by atoms with E-state index in [1.54, 1.807) is 0 Å². The molecule has 0 atom stereocenters. The number of hydrogen-bond acceptors (Lipinski definition) is 1. The van der Waals surface area contributed by atoms with E-state index in [1.165, 1.54) is 167 Å². The van der Waals surface area contributed by atoms with Crippen molar-refractivity contribution in [2.75, 3.05) is 0 Å². The van der Waals surface area contributed by atoms with Crippen molar-refractivity contribution in [3.63, 3.8) is 0 Å². The molecule has 35 heavy (non-hydrogen) atoms. The molecule has 206 valence electrons. The molecule has 0 aliphatic carbocycles. The van der Waals surface area contributed by atoms with Gasteiger partial charge in [-0.15, -0.1) is 0 Å². The second-order valence-corrected chi connectivity index (χ2v) is 10.8. The van der Waals surface area contributed by atoms with Crippen LogP contribution in [0.15, 0.2) is 36.7 Å². The highest BCUT2D eigenvalue weighted by Gasteiger charge is 1.96. The van der Waals surface area contributed by atoms with Gasteiger partial charge in [0.1, 0.15) is 0 Å². The van der Waals surface area contributed by atoms with Crippen molar-refractivity contribution < 1.29 is 0 Å². The largest absolute Gasteiger partial charge is 0.368 e. The highest BCUT2D eigenvalue weighted by atomic mass is 14.8. The lowest BCUT2D eigenvalue weighted by molar-refractivity contribution is 0.516. The quantitative estimate of drug-likeness (QED) is 0.126. The number of nitrogens with one attached hydrogen (secondary N) is 1. The summed E-state index contributed by atoms with van der Waals surface area (Å²) in [6.45, 7) is 4.61. The van der Waals surface area contributed by atoms with Gasteiger partial charge < -0.3 is 5.32 Å². The topological polar surface area (TPSA) is 12.0 Å². The van der Waals surface area contributed by atoms with Gasteiger partial charge >= 0.3 is 0 Å². The normalized spacial score (nSPS) is 12.3. The van der Waals surface area contributed by atoms with Crippen LogP contribution >= 0.6 is 0 Å². The van der Waals surface area contributed by atoms with Crippen LogP contribution < -0.4 is 5.32 Å². The van der Waals surface area contributed by atoms with E-state index in [0.29, 0.717) is 0 Å². The molecule has 0 aromatic heterocycles. The molecule has 0 fully saturated rings. The highest BCUT2D eigenvalue weighted by molar-refractivity contribution is 5.14. The number of rotatable bonds is 25. The maximum Gasteiger partial charge on any atom is 0.000442 e. The van der Waals surface area contributed by atoms with Crippen LogP contribution in [0.4, 0.5) is 0 Å². The molecule has 1 heteroatoms. The molecule has 1 N–H and O–H groups in total. The maximum atomic E-state index is 2.92. The maximum absolute atomic E-state index is 2.92. The summed E-state index contributed by atoms with van der Waals surface area (Å²) < 4.78 is 0. The van der Waals surface area contributed by atoms with Gasteiger partial charge in [0.2, 0.25) is 0 Å². The van der Waals surface area contributed by atoms with Crippen molar-refractivity contribution in [2.24, 2.45) is 0 Å². The summed E-state index contributed by atoms with van der Waals surface area (Å²) in [5, 5.41) is 2.92. The average Bonchev–Trinajstić information content (AvgIpc) is 3.20. The van der Waals surface area contributed by atoms with Crippen LogP contribution in [0.25, 0.3) is 0 Å². The molecule has 1 aliphatic rings. The number of allylic oxidation sites excluding steroid dienone is 4. The molecule has 0 amide bonds. The first kappa shape index (κ1) is 34.0. The summed E-state index contributed by atoms with van der Waals surface area (Å²) in [5.41, 5.74) is 0. The Kier molecular flexibility index (Phi) is 32.1. The van der Waals surface area contributed by atoms with Gasteiger partial charge in [0.25, 0.3) is 0 Å². The second kappa shape index (κ2) is 33.0. The van der Waals surface area contributed by atoms with Crippen molar-refractivity contribution in [1.29, 1.82) is 0 Å². The predicted molar refractivity (Wildman–Crippen MR) is 162 cm³/mol. The van der Waals surface area contributed by atoms with Crippen molar-refractivity contribution in [1.82, 2.24) is 5.32 Å². The van der Waals surface area contributed by atoms with Crippen molar-refractivity contribution >= 4 is 0 Å². The third-order valence-electron chi connectivity index (χ3n) is 7.18. The van der Waals surface area contributed by atoms with E-state index in [0.717, 1.165) is 0 Å². The molecule has 1 aliphatic heterocycles. The van der Waals surface area contributed by atoms with Gasteiger partial charge in [-0.25, -0.2) is 0 Å². The Bertz CT molecular complexity index is 408. The fraction of sp³-hybridized carbons (Fsp3) is 0.824. The molecule has 1 heterocycles. The lowest BCUT2D eigenvalue weighted by atomic mass is 10.0. The van der Waals surface area contributed by atoms with Crippen molar-refractivity contribution in [3.05, 3.63) is 36.7 Å². The fourth-order valence-electron chi connectivity index (χ4n) is 4.80. The standard InChI is InChI=1S/C28H58.C6H7N/c1-3-5-7-9-11-13-15-17-19-21-23-25-27-28-26-24-22-20-18-16-14-12-10-8-6-4-2;1-2-4-6-7-5-3-1/h3-28H2,1-2H3;1-7H. The van der Waals surface area contributed by atoms with Gasteiger partial charge in [-0.2, -0.15) is 0 Å². The Labute approximate surface area is 222 Å². The van der Waals surface area contributed by atoms with Crippen LogP contribution in [0.3, 0.4) is 0 Å². The van der Waals surface area contributed by atoms with Crippen LogP contribution in [0.2, 0.25) is 0 Å². The van der Waals surface area contributed by atoms with E-state index in [9.17, 15) is 0 Å². The van der Waals surface area contributed by atoms with Crippen molar-refractivity contribution in [2.45, 2.75) is 181 Å². The zero-order chi connectivity index (χ0) is 25.3. The molecule has 0 bridgehead atoms. The number of unbranched alkanes of at least 4 members (excludes halogenated alkanes) is 25. The van der Waals surface area contributed by atoms with Gasteiger partial charge in [0, 0.05) is 12.4 Å². The smallest absolute Gasteiger partial charge is 0.000442 e. The Morgan fingerprint density at radius 1 is 0.286 bits per heavy atom. The lowest BCUT2D eigenvalue weighted by Crippen LogP contribution is -1.87. The molecule has 0 spiro atoms. The SMILES string of the molecule is C1=CC=CNC=C1.CCCCCCCCCCCCCCCCCCCCCCCCCCCC. The van der Waals surface area contributed by atoms with Crippen molar-refractivity contribution in [3.8, 4) is 0 Å². The van der Waals surface area contributed by atoms with Gasteiger partial charge in [-0.1, -0.05) is 193 Å². The Hall–Kier alpha value is -0.980. The summed E-state index contributed by atoms with van der Waals surface area (Å²) in [7, 11) is 0. The Morgan fingerprint density at radius 2 is 0.486 bits per heavy atom. The van der Waals surface area contributed by atoms with Crippen LogP contribution in [0.1, 0.15) is 181 Å². The van der Waals surface area contributed by atoms with Gasteiger partial charge in [-0.3, -0.25) is 0 Å². The zero-order valence-electron chi connectivity index (χ0n) is 24.3. The number of hydrogen-bond donors (Lipinski definition) is 1. The van der Waals surface area contributed by atoms with Crippen LogP contribution in [-0.4, -0.2) is 0 Å². The fourth-order valence-corrected chi connectivity index (χ4v) is 4.80. The third kappa shape index (κ3) is 33.0. The first-order chi connectivity index (χ1) is 17.4. The Balaban J connectivity index is 0.00000140. The van der Waals surface area contributed by atoms with E-state index in [1.807, 2.05) is 36.7 Å². The minimum Gasteiger partial charge on any atom is -0.368 e. The predicted octanol–water partition coefficient (Wildman–Crippen LogP) is 12.3. The molecule has 0 saturated heterocycles. The summed E-state index contributed by atoms with van der Waals surface area (Å²) in [6.07, 6.45) is 50.0. The third-order valence-corrected chi connectivity index (χ3v) is 7.18. The zero-order valence-corrected chi connectivity index (χ0v) is 24.3.